The Balaban J connectivity index is 2.77. The molecule has 0 saturated carbocycles. The summed E-state index contributed by atoms with van der Waals surface area (Å²) in [5, 5.41) is 11.8. The van der Waals surface area contributed by atoms with Crippen LogP contribution in [0.15, 0.2) is 0 Å². The van der Waals surface area contributed by atoms with Crippen molar-refractivity contribution in [3.63, 3.8) is 0 Å². The van der Waals surface area contributed by atoms with Crippen LogP contribution in [0.4, 0.5) is 4.79 Å². The average Bonchev–Trinajstić information content (AvgIpc) is 2.98. The van der Waals surface area contributed by atoms with E-state index in [-0.39, 0.29) is 44.7 Å². The highest BCUT2D eigenvalue weighted by Gasteiger charge is 2.54. The van der Waals surface area contributed by atoms with Crippen molar-refractivity contribution < 1.29 is 38.5 Å². The molecule has 0 radical (unpaired) electrons. The molecule has 1 saturated heterocycles. The first-order chi connectivity index (χ1) is 11.8. The predicted octanol–water partition coefficient (Wildman–Crippen LogP) is -0.591. The summed E-state index contributed by atoms with van der Waals surface area (Å²) in [7, 11) is 4.01. The summed E-state index contributed by atoms with van der Waals surface area (Å²) in [6.45, 7) is -0.452. The fourth-order valence-electron chi connectivity index (χ4n) is 2.78. The lowest BCUT2D eigenvalue weighted by Crippen LogP contribution is -2.60. The molecular formula is C15H24N2O8. The smallest absolute Gasteiger partial charge is 0.408 e. The number of likely N-dealkylation sites (tertiary alicyclic amines) is 1. The SMILES string of the molecule is COC[C@@]1(C(=O)NCC(=O)CCC(=O)OC)C[C@H](OC)CN1C(=O)O. The van der Waals surface area contributed by atoms with E-state index in [9.17, 15) is 24.3 Å². The molecule has 142 valence electrons. The third-order valence-corrected chi connectivity index (χ3v) is 4.12. The van der Waals surface area contributed by atoms with Crippen LogP contribution in [0.2, 0.25) is 0 Å². The molecule has 1 aliphatic heterocycles. The third-order valence-electron chi connectivity index (χ3n) is 4.12. The van der Waals surface area contributed by atoms with E-state index in [0.717, 1.165) is 4.90 Å². The Morgan fingerprint density at radius 3 is 2.40 bits per heavy atom. The first-order valence-electron chi connectivity index (χ1n) is 7.69. The van der Waals surface area contributed by atoms with Gasteiger partial charge in [-0.25, -0.2) is 4.79 Å². The van der Waals surface area contributed by atoms with Gasteiger partial charge in [-0.2, -0.15) is 0 Å². The Labute approximate surface area is 145 Å². The molecule has 0 aromatic carbocycles. The van der Waals surface area contributed by atoms with Gasteiger partial charge in [-0.05, 0) is 0 Å². The number of amides is 2. The number of methoxy groups -OCH3 is 3. The molecule has 0 bridgehead atoms. The Bertz CT molecular complexity index is 524. The number of nitrogens with zero attached hydrogens (tertiary/aromatic N) is 1. The van der Waals surface area contributed by atoms with Gasteiger partial charge >= 0.3 is 12.1 Å². The number of ether oxygens (including phenoxy) is 3. The van der Waals surface area contributed by atoms with Crippen molar-refractivity contribution in [1.29, 1.82) is 0 Å². The van der Waals surface area contributed by atoms with Crippen LogP contribution in [-0.4, -0.2) is 86.4 Å². The minimum absolute atomic E-state index is 0.0267. The quantitative estimate of drug-likeness (QED) is 0.522. The van der Waals surface area contributed by atoms with Gasteiger partial charge in [0, 0.05) is 27.1 Å². The maximum absolute atomic E-state index is 12.6. The molecule has 2 N–H and O–H groups in total. The fraction of sp³-hybridized carbons (Fsp3) is 0.733. The zero-order valence-corrected chi connectivity index (χ0v) is 14.6. The Kier molecular flexibility index (Phi) is 7.78. The number of esters is 1. The van der Waals surface area contributed by atoms with Crippen molar-refractivity contribution in [2.45, 2.75) is 30.9 Å². The van der Waals surface area contributed by atoms with Gasteiger partial charge in [0.05, 0.1) is 39.3 Å². The number of carboxylic acid groups (broad SMARTS) is 1. The number of rotatable bonds is 9. The molecule has 0 aliphatic carbocycles. The van der Waals surface area contributed by atoms with Crippen LogP contribution in [0.5, 0.6) is 0 Å². The van der Waals surface area contributed by atoms with Gasteiger partial charge in [0.1, 0.15) is 0 Å². The zero-order chi connectivity index (χ0) is 19.0. The maximum Gasteiger partial charge on any atom is 0.408 e. The monoisotopic (exact) mass is 360 g/mol. The first-order valence-corrected chi connectivity index (χ1v) is 7.69. The highest BCUT2D eigenvalue weighted by atomic mass is 16.5. The van der Waals surface area contributed by atoms with Gasteiger partial charge in [0.2, 0.25) is 5.91 Å². The molecule has 10 nitrogen and oxygen atoms in total. The van der Waals surface area contributed by atoms with Gasteiger partial charge in [0.25, 0.3) is 0 Å². The summed E-state index contributed by atoms with van der Waals surface area (Å²) in [5.74, 6) is -1.52. The number of nitrogens with one attached hydrogen (secondary N) is 1. The fourth-order valence-corrected chi connectivity index (χ4v) is 2.78. The number of hydrogen-bond acceptors (Lipinski definition) is 7. The number of ketones is 1. The molecule has 25 heavy (non-hydrogen) atoms. The van der Waals surface area contributed by atoms with Crippen molar-refractivity contribution in [3.05, 3.63) is 0 Å². The topological polar surface area (TPSA) is 131 Å². The van der Waals surface area contributed by atoms with E-state index in [1.165, 1.54) is 21.3 Å². The van der Waals surface area contributed by atoms with Gasteiger partial charge in [-0.15, -0.1) is 0 Å². The lowest BCUT2D eigenvalue weighted by Gasteiger charge is -2.34. The summed E-state index contributed by atoms with van der Waals surface area (Å²) < 4.78 is 14.7. The minimum atomic E-state index is -1.47. The van der Waals surface area contributed by atoms with E-state index in [1.54, 1.807) is 0 Å². The molecule has 1 rings (SSSR count). The van der Waals surface area contributed by atoms with Crippen molar-refractivity contribution >= 4 is 23.8 Å². The summed E-state index contributed by atoms with van der Waals surface area (Å²) in [5.41, 5.74) is -1.47. The maximum atomic E-state index is 12.6. The molecule has 0 aromatic heterocycles. The summed E-state index contributed by atoms with van der Waals surface area (Å²) in [6, 6.07) is 0. The zero-order valence-electron chi connectivity index (χ0n) is 14.6. The molecule has 0 unspecified atom stereocenters. The molecule has 1 aliphatic rings. The van der Waals surface area contributed by atoms with Gasteiger partial charge < -0.3 is 24.6 Å². The lowest BCUT2D eigenvalue weighted by molar-refractivity contribution is -0.142. The van der Waals surface area contributed by atoms with Crippen LogP contribution in [0, 0.1) is 0 Å². The van der Waals surface area contributed by atoms with E-state index in [0.29, 0.717) is 0 Å². The Morgan fingerprint density at radius 2 is 1.88 bits per heavy atom. The van der Waals surface area contributed by atoms with Crippen LogP contribution >= 0.6 is 0 Å². The molecule has 1 fully saturated rings. The number of carbonyl (C=O) groups is 4. The number of hydrogen-bond donors (Lipinski definition) is 2. The van der Waals surface area contributed by atoms with Gasteiger partial charge in [0.15, 0.2) is 11.3 Å². The van der Waals surface area contributed by atoms with Crippen LogP contribution in [0.25, 0.3) is 0 Å². The second-order valence-electron chi connectivity index (χ2n) is 5.72. The summed E-state index contributed by atoms with van der Waals surface area (Å²) in [6.07, 6.45) is -1.77. The average molecular weight is 360 g/mol. The Morgan fingerprint density at radius 1 is 1.20 bits per heavy atom. The molecule has 1 heterocycles. The molecular weight excluding hydrogens is 336 g/mol. The second-order valence-corrected chi connectivity index (χ2v) is 5.72. The highest BCUT2D eigenvalue weighted by Crippen LogP contribution is 2.32. The lowest BCUT2D eigenvalue weighted by atomic mass is 9.95. The molecule has 0 aromatic rings. The first kappa shape index (κ1) is 20.8. The third kappa shape index (κ3) is 5.13. The van der Waals surface area contributed by atoms with E-state index < -0.39 is 29.6 Å². The predicted molar refractivity (Wildman–Crippen MR) is 84.0 cm³/mol. The van der Waals surface area contributed by atoms with Crippen LogP contribution in [0.3, 0.4) is 0 Å². The van der Waals surface area contributed by atoms with E-state index in [1.807, 2.05) is 0 Å². The number of carbonyl (C=O) groups excluding carboxylic acids is 3. The molecule has 2 atom stereocenters. The van der Waals surface area contributed by atoms with E-state index in [4.69, 9.17) is 9.47 Å². The largest absolute Gasteiger partial charge is 0.469 e. The van der Waals surface area contributed by atoms with Crippen LogP contribution in [0.1, 0.15) is 19.3 Å². The summed E-state index contributed by atoms with van der Waals surface area (Å²) in [4.78, 5) is 47.9. The van der Waals surface area contributed by atoms with E-state index >= 15 is 0 Å². The summed E-state index contributed by atoms with van der Waals surface area (Å²) >= 11 is 0. The molecule has 2 amide bonds. The highest BCUT2D eigenvalue weighted by molar-refractivity contribution is 5.94. The standard InChI is InChI=1S/C15H24N2O8/c1-23-9-15(6-11(24-2)8-17(15)14(21)22)13(20)16-7-10(18)4-5-12(19)25-3/h11H,4-9H2,1-3H3,(H,16,20)(H,21,22)/t11-,15+/m0/s1. The number of Topliss-reactive ketones (excluding diaryl/α,β-unsaturated/α-hetero) is 1. The van der Waals surface area contributed by atoms with Crippen molar-refractivity contribution in [1.82, 2.24) is 10.2 Å². The van der Waals surface area contributed by atoms with E-state index in [2.05, 4.69) is 10.1 Å². The Hall–Kier alpha value is -2.20. The minimum Gasteiger partial charge on any atom is -0.469 e. The van der Waals surface area contributed by atoms with Crippen molar-refractivity contribution in [3.8, 4) is 0 Å². The van der Waals surface area contributed by atoms with Crippen molar-refractivity contribution in [2.24, 2.45) is 0 Å². The van der Waals surface area contributed by atoms with Gasteiger partial charge in [-0.3, -0.25) is 19.3 Å². The molecule has 10 heteroatoms. The van der Waals surface area contributed by atoms with Crippen LogP contribution < -0.4 is 5.32 Å². The normalized spacial score (nSPS) is 22.5. The van der Waals surface area contributed by atoms with Gasteiger partial charge in [-0.1, -0.05) is 0 Å². The second kappa shape index (κ2) is 9.33. The van der Waals surface area contributed by atoms with Crippen molar-refractivity contribution in [2.75, 3.05) is 41.0 Å². The molecule has 0 spiro atoms. The van der Waals surface area contributed by atoms with Crippen LogP contribution in [-0.2, 0) is 28.6 Å².